The van der Waals surface area contributed by atoms with E-state index in [0.717, 1.165) is 5.39 Å². The third-order valence-electron chi connectivity index (χ3n) is 3.46. The molecule has 23 heavy (non-hydrogen) atoms. The van der Waals surface area contributed by atoms with Gasteiger partial charge in [0.05, 0.1) is 21.1 Å². The number of halogens is 2. The molecule has 0 radical (unpaired) electrons. The van der Waals surface area contributed by atoms with Crippen molar-refractivity contribution >= 4 is 46.1 Å². The molecule has 0 saturated heterocycles. The number of nitrogens with zero attached hydrogens (tertiary/aromatic N) is 2. The van der Waals surface area contributed by atoms with Gasteiger partial charge in [0.15, 0.2) is 0 Å². The van der Waals surface area contributed by atoms with Crippen LogP contribution in [0.15, 0.2) is 54.7 Å². The predicted octanol–water partition coefficient (Wildman–Crippen LogP) is 5.17. The van der Waals surface area contributed by atoms with E-state index < -0.39 is 0 Å². The van der Waals surface area contributed by atoms with E-state index in [-0.39, 0.29) is 5.91 Å². The van der Waals surface area contributed by atoms with E-state index in [0.29, 0.717) is 26.7 Å². The number of fused-ring (bicyclic) bond motifs is 1. The van der Waals surface area contributed by atoms with Crippen molar-refractivity contribution in [2.45, 2.75) is 0 Å². The summed E-state index contributed by atoms with van der Waals surface area (Å²) >= 11 is 12.1. The Kier molecular flexibility index (Phi) is 4.20. The van der Waals surface area contributed by atoms with E-state index in [1.54, 1.807) is 30.3 Å². The van der Waals surface area contributed by atoms with Crippen molar-refractivity contribution in [3.05, 3.63) is 75.9 Å². The van der Waals surface area contributed by atoms with E-state index >= 15 is 0 Å². The number of benzene rings is 2. The summed E-state index contributed by atoms with van der Waals surface area (Å²) < 4.78 is 1.45. The Hall–Kier alpha value is -2.54. The van der Waals surface area contributed by atoms with Crippen LogP contribution >= 0.6 is 23.2 Å². The topological polar surface area (TPSA) is 45.8 Å². The first-order valence-corrected chi connectivity index (χ1v) is 7.54. The smallest absolute Gasteiger partial charge is 0.255 e. The molecule has 3 nitrogen and oxygen atoms in total. The second-order valence-corrected chi connectivity index (χ2v) is 5.64. The van der Waals surface area contributed by atoms with E-state index in [1.807, 2.05) is 18.2 Å². The fourth-order valence-corrected chi connectivity index (χ4v) is 2.71. The summed E-state index contributed by atoms with van der Waals surface area (Å²) in [6.07, 6.45) is 4.55. The van der Waals surface area contributed by atoms with Gasteiger partial charge in [0.25, 0.3) is 5.91 Å². The van der Waals surface area contributed by atoms with Gasteiger partial charge in [0.2, 0.25) is 0 Å². The minimum Gasteiger partial charge on any atom is -0.282 e. The molecule has 0 amide bonds. The number of nitriles is 1. The highest BCUT2D eigenvalue weighted by atomic mass is 35.5. The van der Waals surface area contributed by atoms with E-state index in [4.69, 9.17) is 23.2 Å². The van der Waals surface area contributed by atoms with Crippen molar-refractivity contribution < 1.29 is 4.79 Å². The van der Waals surface area contributed by atoms with Gasteiger partial charge >= 0.3 is 0 Å². The Morgan fingerprint density at radius 3 is 2.70 bits per heavy atom. The van der Waals surface area contributed by atoms with Crippen LogP contribution in [0.1, 0.15) is 15.9 Å². The quantitative estimate of drug-likeness (QED) is 0.604. The van der Waals surface area contributed by atoms with Gasteiger partial charge in [-0.25, -0.2) is 0 Å². The van der Waals surface area contributed by atoms with Crippen LogP contribution in [-0.4, -0.2) is 10.5 Å². The summed E-state index contributed by atoms with van der Waals surface area (Å²) in [6.45, 7) is 0. The fourth-order valence-electron chi connectivity index (χ4n) is 2.34. The average molecular weight is 341 g/mol. The molecule has 0 saturated carbocycles. The van der Waals surface area contributed by atoms with Gasteiger partial charge in [0.1, 0.15) is 6.07 Å². The molecule has 0 aliphatic rings. The highest BCUT2D eigenvalue weighted by Gasteiger charge is 2.11. The molecule has 0 aliphatic carbocycles. The predicted molar refractivity (Wildman–Crippen MR) is 92.8 cm³/mol. The molecule has 5 heteroatoms. The molecule has 1 heterocycles. The molecule has 2 aromatic carbocycles. The number of hydrogen-bond acceptors (Lipinski definition) is 2. The lowest BCUT2D eigenvalue weighted by Crippen LogP contribution is -2.05. The maximum absolute atomic E-state index is 12.4. The van der Waals surface area contributed by atoms with Crippen molar-refractivity contribution in [1.82, 2.24) is 4.57 Å². The lowest BCUT2D eigenvalue weighted by atomic mass is 10.2. The Labute approximate surface area is 143 Å². The Morgan fingerprint density at radius 1 is 1.13 bits per heavy atom. The summed E-state index contributed by atoms with van der Waals surface area (Å²) in [6, 6.07) is 14.6. The second kappa shape index (κ2) is 6.29. The highest BCUT2D eigenvalue weighted by Crippen LogP contribution is 2.26. The van der Waals surface area contributed by atoms with Crippen LogP contribution in [0.25, 0.3) is 17.0 Å². The highest BCUT2D eigenvalue weighted by molar-refractivity contribution is 6.42. The van der Waals surface area contributed by atoms with Crippen LogP contribution in [0.5, 0.6) is 0 Å². The number of allylic oxidation sites excluding steroid dienone is 1. The SMILES string of the molecule is N#Cc1cn(C(=O)/C=C/c2cccc(Cl)c2Cl)c2ccccc12. The number of carbonyl (C=O) groups is 1. The molecular formula is C18H10Cl2N2O. The molecule has 112 valence electrons. The van der Waals surface area contributed by atoms with Gasteiger partial charge in [-0.3, -0.25) is 9.36 Å². The first-order valence-electron chi connectivity index (χ1n) is 6.78. The minimum absolute atomic E-state index is 0.265. The molecule has 0 atom stereocenters. The molecule has 1 aromatic heterocycles. The molecule has 0 spiro atoms. The normalized spacial score (nSPS) is 11.0. The lowest BCUT2D eigenvalue weighted by Gasteiger charge is -2.01. The van der Waals surface area contributed by atoms with Crippen molar-refractivity contribution in [3.63, 3.8) is 0 Å². The molecule has 0 aliphatic heterocycles. The summed E-state index contributed by atoms with van der Waals surface area (Å²) in [7, 11) is 0. The summed E-state index contributed by atoms with van der Waals surface area (Å²) in [5.74, 6) is -0.265. The largest absolute Gasteiger partial charge is 0.282 e. The van der Waals surface area contributed by atoms with E-state index in [9.17, 15) is 10.1 Å². The number of para-hydroxylation sites is 1. The van der Waals surface area contributed by atoms with E-state index in [2.05, 4.69) is 6.07 Å². The Balaban J connectivity index is 2.00. The summed E-state index contributed by atoms with van der Waals surface area (Å²) in [4.78, 5) is 12.4. The van der Waals surface area contributed by atoms with Crippen LogP contribution < -0.4 is 0 Å². The molecule has 0 N–H and O–H groups in total. The third-order valence-corrected chi connectivity index (χ3v) is 4.29. The average Bonchev–Trinajstić information content (AvgIpc) is 2.95. The zero-order valence-electron chi connectivity index (χ0n) is 11.8. The van der Waals surface area contributed by atoms with Crippen LogP contribution in [0.4, 0.5) is 0 Å². The van der Waals surface area contributed by atoms with Crippen LogP contribution in [-0.2, 0) is 0 Å². The lowest BCUT2D eigenvalue weighted by molar-refractivity contribution is 0.0974. The first kappa shape index (κ1) is 15.4. The van der Waals surface area contributed by atoms with Crippen LogP contribution in [0.3, 0.4) is 0 Å². The molecular weight excluding hydrogens is 331 g/mol. The van der Waals surface area contributed by atoms with Crippen molar-refractivity contribution in [1.29, 1.82) is 5.26 Å². The molecule has 0 unspecified atom stereocenters. The third kappa shape index (κ3) is 2.87. The molecule has 3 aromatic rings. The Bertz CT molecular complexity index is 980. The zero-order chi connectivity index (χ0) is 16.4. The van der Waals surface area contributed by atoms with Crippen molar-refractivity contribution in [3.8, 4) is 6.07 Å². The van der Waals surface area contributed by atoms with Gasteiger partial charge in [0, 0.05) is 17.7 Å². The van der Waals surface area contributed by atoms with Crippen molar-refractivity contribution in [2.75, 3.05) is 0 Å². The maximum atomic E-state index is 12.4. The molecule has 0 fully saturated rings. The number of carbonyl (C=O) groups excluding carboxylic acids is 1. The van der Waals surface area contributed by atoms with Crippen molar-refractivity contribution in [2.24, 2.45) is 0 Å². The molecule has 0 bridgehead atoms. The van der Waals surface area contributed by atoms with Crippen LogP contribution in [0, 0.1) is 11.3 Å². The van der Waals surface area contributed by atoms with Gasteiger partial charge in [-0.15, -0.1) is 0 Å². The first-order chi connectivity index (χ1) is 11.1. The summed E-state index contributed by atoms with van der Waals surface area (Å²) in [5, 5.41) is 10.8. The number of hydrogen-bond donors (Lipinski definition) is 0. The fraction of sp³-hybridized carbons (Fsp3) is 0. The van der Waals surface area contributed by atoms with Gasteiger partial charge in [-0.05, 0) is 23.8 Å². The number of rotatable bonds is 2. The standard InChI is InChI=1S/C18H10Cl2N2O/c19-15-6-3-4-12(18(15)20)8-9-17(23)22-11-13(10-21)14-5-1-2-7-16(14)22/h1-9,11H/b9-8+. The zero-order valence-corrected chi connectivity index (χ0v) is 13.3. The van der Waals surface area contributed by atoms with Gasteiger partial charge < -0.3 is 0 Å². The second-order valence-electron chi connectivity index (χ2n) is 4.86. The van der Waals surface area contributed by atoms with E-state index in [1.165, 1.54) is 16.8 Å². The minimum atomic E-state index is -0.265. The number of aromatic nitrogens is 1. The molecule has 3 rings (SSSR count). The summed E-state index contributed by atoms with van der Waals surface area (Å²) in [5.41, 5.74) is 1.81. The maximum Gasteiger partial charge on any atom is 0.255 e. The Morgan fingerprint density at radius 2 is 1.91 bits per heavy atom. The van der Waals surface area contributed by atoms with Crippen LogP contribution in [0.2, 0.25) is 10.0 Å². The monoisotopic (exact) mass is 340 g/mol. The van der Waals surface area contributed by atoms with Gasteiger partial charge in [-0.2, -0.15) is 5.26 Å². The van der Waals surface area contributed by atoms with Gasteiger partial charge in [-0.1, -0.05) is 53.5 Å².